The standard InChI is InChI=1S/C15H16F3N3O/c1-10(12-4-2-3-5-13(12)22)20-14-19-9-7-11(21-14)6-8-15(16,17)18/h2-5,7,9-10,22H,6,8H2,1H3,(H,19,20,21)/t10-/m1/s1. The van der Waals surface area contributed by atoms with Crippen LogP contribution in [0.25, 0.3) is 0 Å². The normalized spacial score (nSPS) is 12.9. The van der Waals surface area contributed by atoms with E-state index in [4.69, 9.17) is 0 Å². The molecule has 1 atom stereocenters. The monoisotopic (exact) mass is 311 g/mol. The molecule has 118 valence electrons. The lowest BCUT2D eigenvalue weighted by Crippen LogP contribution is -2.12. The minimum atomic E-state index is -4.21. The molecule has 1 aromatic heterocycles. The Kier molecular flexibility index (Phi) is 4.85. The summed E-state index contributed by atoms with van der Waals surface area (Å²) >= 11 is 0. The molecule has 0 fully saturated rings. The van der Waals surface area contributed by atoms with Gasteiger partial charge in [0.15, 0.2) is 0 Å². The number of hydrogen-bond acceptors (Lipinski definition) is 4. The van der Waals surface area contributed by atoms with Crippen LogP contribution in [0.1, 0.15) is 30.6 Å². The van der Waals surface area contributed by atoms with Crippen LogP contribution in [0, 0.1) is 0 Å². The second-order valence-corrected chi connectivity index (χ2v) is 4.91. The number of alkyl halides is 3. The first kappa shape index (κ1) is 16.1. The first-order valence-electron chi connectivity index (χ1n) is 6.78. The number of aromatic hydroxyl groups is 1. The lowest BCUT2D eigenvalue weighted by molar-refractivity contribution is -0.134. The molecule has 0 radical (unpaired) electrons. The van der Waals surface area contributed by atoms with E-state index in [-0.39, 0.29) is 24.2 Å². The summed E-state index contributed by atoms with van der Waals surface area (Å²) in [4.78, 5) is 8.06. The molecule has 0 saturated heterocycles. The van der Waals surface area contributed by atoms with Crippen molar-refractivity contribution in [3.8, 4) is 5.75 Å². The Bertz CT molecular complexity index is 631. The molecular weight excluding hydrogens is 295 g/mol. The lowest BCUT2D eigenvalue weighted by Gasteiger charge is -2.15. The van der Waals surface area contributed by atoms with Crippen LogP contribution >= 0.6 is 0 Å². The number of nitrogens with one attached hydrogen (secondary N) is 1. The molecule has 22 heavy (non-hydrogen) atoms. The maximum atomic E-state index is 12.2. The molecule has 0 aliphatic heterocycles. The largest absolute Gasteiger partial charge is 0.508 e. The zero-order valence-electron chi connectivity index (χ0n) is 11.9. The van der Waals surface area contributed by atoms with Crippen molar-refractivity contribution in [3.63, 3.8) is 0 Å². The van der Waals surface area contributed by atoms with Crippen LogP contribution in [0.4, 0.5) is 19.1 Å². The van der Waals surface area contributed by atoms with Crippen LogP contribution < -0.4 is 5.32 Å². The number of halogens is 3. The van der Waals surface area contributed by atoms with Crippen molar-refractivity contribution >= 4 is 5.95 Å². The summed E-state index contributed by atoms with van der Waals surface area (Å²) in [6.07, 6.45) is -3.90. The van der Waals surface area contributed by atoms with Crippen molar-refractivity contribution in [2.24, 2.45) is 0 Å². The van der Waals surface area contributed by atoms with Gasteiger partial charge in [-0.1, -0.05) is 18.2 Å². The maximum Gasteiger partial charge on any atom is 0.389 e. The average molecular weight is 311 g/mol. The molecule has 2 rings (SSSR count). The zero-order chi connectivity index (χ0) is 16.2. The number of rotatable bonds is 5. The zero-order valence-corrected chi connectivity index (χ0v) is 11.9. The first-order valence-corrected chi connectivity index (χ1v) is 6.78. The van der Waals surface area contributed by atoms with Gasteiger partial charge in [-0.25, -0.2) is 9.97 Å². The fraction of sp³-hybridized carbons (Fsp3) is 0.333. The van der Waals surface area contributed by atoms with E-state index in [0.29, 0.717) is 11.3 Å². The van der Waals surface area contributed by atoms with Gasteiger partial charge in [-0.05, 0) is 25.5 Å². The van der Waals surface area contributed by atoms with Gasteiger partial charge in [0.05, 0.1) is 6.04 Å². The van der Waals surface area contributed by atoms with E-state index in [2.05, 4.69) is 15.3 Å². The van der Waals surface area contributed by atoms with Gasteiger partial charge >= 0.3 is 6.18 Å². The van der Waals surface area contributed by atoms with Crippen molar-refractivity contribution in [3.05, 3.63) is 47.8 Å². The van der Waals surface area contributed by atoms with Gasteiger partial charge in [-0.15, -0.1) is 0 Å². The molecule has 0 spiro atoms. The maximum absolute atomic E-state index is 12.2. The molecule has 1 aromatic carbocycles. The van der Waals surface area contributed by atoms with Crippen molar-refractivity contribution < 1.29 is 18.3 Å². The number of anilines is 1. The number of phenolic OH excluding ortho intramolecular Hbond substituents is 1. The number of aryl methyl sites for hydroxylation is 1. The van der Waals surface area contributed by atoms with Gasteiger partial charge in [0.2, 0.25) is 5.95 Å². The number of phenols is 1. The highest BCUT2D eigenvalue weighted by Gasteiger charge is 2.26. The predicted molar refractivity (Wildman–Crippen MR) is 76.6 cm³/mol. The van der Waals surface area contributed by atoms with E-state index in [1.165, 1.54) is 12.3 Å². The van der Waals surface area contributed by atoms with Crippen LogP contribution in [-0.4, -0.2) is 21.3 Å². The van der Waals surface area contributed by atoms with Gasteiger partial charge in [0.25, 0.3) is 0 Å². The van der Waals surface area contributed by atoms with E-state index in [1.54, 1.807) is 31.2 Å². The molecule has 1 heterocycles. The summed E-state index contributed by atoms with van der Waals surface area (Å²) in [7, 11) is 0. The highest BCUT2D eigenvalue weighted by Crippen LogP contribution is 2.26. The van der Waals surface area contributed by atoms with Crippen molar-refractivity contribution in [1.82, 2.24) is 9.97 Å². The van der Waals surface area contributed by atoms with Crippen LogP contribution in [-0.2, 0) is 6.42 Å². The molecule has 7 heteroatoms. The second-order valence-electron chi connectivity index (χ2n) is 4.91. The van der Waals surface area contributed by atoms with Gasteiger partial charge in [0.1, 0.15) is 5.75 Å². The van der Waals surface area contributed by atoms with Gasteiger partial charge < -0.3 is 10.4 Å². The number of nitrogens with zero attached hydrogens (tertiary/aromatic N) is 2. The minimum absolute atomic E-state index is 0.135. The number of hydrogen-bond donors (Lipinski definition) is 2. The molecule has 4 nitrogen and oxygen atoms in total. The third kappa shape index (κ3) is 4.61. The van der Waals surface area contributed by atoms with E-state index in [9.17, 15) is 18.3 Å². The smallest absolute Gasteiger partial charge is 0.389 e. The lowest BCUT2D eigenvalue weighted by atomic mass is 10.1. The summed E-state index contributed by atoms with van der Waals surface area (Å²) in [6, 6.07) is 7.99. The quantitative estimate of drug-likeness (QED) is 0.880. The Labute approximate surface area is 126 Å². The topological polar surface area (TPSA) is 58.0 Å². The third-order valence-corrected chi connectivity index (χ3v) is 3.13. The molecular formula is C15H16F3N3O. The van der Waals surface area contributed by atoms with Crippen molar-refractivity contribution in [2.45, 2.75) is 32.0 Å². The highest BCUT2D eigenvalue weighted by atomic mass is 19.4. The number of aromatic nitrogens is 2. The van der Waals surface area contributed by atoms with Crippen molar-refractivity contribution in [2.75, 3.05) is 5.32 Å². The Morgan fingerprint density at radius 3 is 2.64 bits per heavy atom. The average Bonchev–Trinajstić information content (AvgIpc) is 2.45. The second kappa shape index (κ2) is 6.64. The molecule has 0 aliphatic rings. The minimum Gasteiger partial charge on any atom is -0.508 e. The molecule has 0 bridgehead atoms. The summed E-state index contributed by atoms with van der Waals surface area (Å²) in [6.45, 7) is 1.81. The molecule has 2 N–H and O–H groups in total. The molecule has 0 saturated carbocycles. The van der Waals surface area contributed by atoms with E-state index in [0.717, 1.165) is 0 Å². The van der Waals surface area contributed by atoms with E-state index < -0.39 is 12.6 Å². The van der Waals surface area contributed by atoms with Gasteiger partial charge in [-0.3, -0.25) is 0 Å². The summed E-state index contributed by atoms with van der Waals surface area (Å²) in [5.74, 6) is 0.367. The third-order valence-electron chi connectivity index (χ3n) is 3.13. The van der Waals surface area contributed by atoms with Gasteiger partial charge in [-0.2, -0.15) is 13.2 Å². The van der Waals surface area contributed by atoms with Crippen LogP contribution in [0.3, 0.4) is 0 Å². The van der Waals surface area contributed by atoms with Crippen LogP contribution in [0.15, 0.2) is 36.5 Å². The molecule has 0 amide bonds. The van der Waals surface area contributed by atoms with Crippen LogP contribution in [0.5, 0.6) is 5.75 Å². The highest BCUT2D eigenvalue weighted by molar-refractivity contribution is 5.39. The number of benzene rings is 1. The molecule has 2 aromatic rings. The fourth-order valence-electron chi connectivity index (χ4n) is 2.00. The van der Waals surface area contributed by atoms with Crippen LogP contribution in [0.2, 0.25) is 0 Å². The SMILES string of the molecule is C[C@@H](Nc1nccc(CCC(F)(F)F)n1)c1ccccc1O. The number of para-hydroxylation sites is 1. The van der Waals surface area contributed by atoms with E-state index >= 15 is 0 Å². The molecule has 0 unspecified atom stereocenters. The first-order chi connectivity index (χ1) is 10.3. The summed E-state index contributed by atoms with van der Waals surface area (Å²) in [5, 5.41) is 12.8. The summed E-state index contributed by atoms with van der Waals surface area (Å²) < 4.78 is 36.7. The fourth-order valence-corrected chi connectivity index (χ4v) is 2.00. The summed E-state index contributed by atoms with van der Waals surface area (Å²) in [5.41, 5.74) is 0.978. The Balaban J connectivity index is 2.05. The predicted octanol–water partition coefficient (Wildman–Crippen LogP) is 3.85. The van der Waals surface area contributed by atoms with Gasteiger partial charge in [0, 0.05) is 23.9 Å². The van der Waals surface area contributed by atoms with E-state index in [1.807, 2.05) is 0 Å². The Hall–Kier alpha value is -2.31. The van der Waals surface area contributed by atoms with Crippen molar-refractivity contribution in [1.29, 1.82) is 0 Å². The Morgan fingerprint density at radius 2 is 1.95 bits per heavy atom. The Morgan fingerprint density at radius 1 is 1.23 bits per heavy atom. The molecule has 0 aliphatic carbocycles.